The standard InChI is InChI=1S/C18H21N3O/c1-2-6-17-14(4-1)10-12-21(17)18(20-15-7-8-15)19-11-9-16-5-3-13-22-16/h1-6,13,15H,7-12H2,(H,19,20). The molecule has 1 fully saturated rings. The van der Waals surface area contributed by atoms with Crippen LogP contribution < -0.4 is 10.2 Å². The Morgan fingerprint density at radius 1 is 1.23 bits per heavy atom. The van der Waals surface area contributed by atoms with Gasteiger partial charge >= 0.3 is 0 Å². The molecule has 2 heterocycles. The molecular formula is C18H21N3O. The van der Waals surface area contributed by atoms with Crippen LogP contribution in [0.15, 0.2) is 52.1 Å². The van der Waals surface area contributed by atoms with Gasteiger partial charge in [0.15, 0.2) is 5.96 Å². The van der Waals surface area contributed by atoms with E-state index in [0.717, 1.165) is 37.7 Å². The number of guanidine groups is 1. The maximum atomic E-state index is 5.39. The van der Waals surface area contributed by atoms with Crippen LogP contribution in [0, 0.1) is 0 Å². The number of rotatable bonds is 4. The molecule has 0 saturated heterocycles. The second-order valence-corrected chi connectivity index (χ2v) is 5.98. The lowest BCUT2D eigenvalue weighted by atomic mass is 10.2. The van der Waals surface area contributed by atoms with Gasteiger partial charge in [0.1, 0.15) is 5.76 Å². The van der Waals surface area contributed by atoms with Gasteiger partial charge in [0.05, 0.1) is 6.26 Å². The predicted molar refractivity (Wildman–Crippen MR) is 88.4 cm³/mol. The first-order chi connectivity index (χ1) is 10.9. The molecule has 1 aliphatic heterocycles. The van der Waals surface area contributed by atoms with E-state index in [1.54, 1.807) is 6.26 Å². The smallest absolute Gasteiger partial charge is 0.198 e. The second kappa shape index (κ2) is 5.87. The lowest BCUT2D eigenvalue weighted by molar-refractivity contribution is 0.511. The molecule has 114 valence electrons. The fraction of sp³-hybridized carbons (Fsp3) is 0.389. The Labute approximate surface area is 130 Å². The van der Waals surface area contributed by atoms with E-state index in [1.165, 1.54) is 24.1 Å². The lowest BCUT2D eigenvalue weighted by Gasteiger charge is -2.22. The molecule has 22 heavy (non-hydrogen) atoms. The third-order valence-corrected chi connectivity index (χ3v) is 4.25. The molecule has 0 atom stereocenters. The molecule has 4 heteroatoms. The molecule has 1 aromatic carbocycles. The van der Waals surface area contributed by atoms with Gasteiger partial charge in [-0.1, -0.05) is 18.2 Å². The number of benzene rings is 1. The fourth-order valence-electron chi connectivity index (χ4n) is 2.90. The van der Waals surface area contributed by atoms with Crippen LogP contribution in [-0.4, -0.2) is 25.1 Å². The Morgan fingerprint density at radius 2 is 2.14 bits per heavy atom. The molecule has 1 aliphatic carbocycles. The SMILES string of the molecule is c1coc(CCN=C(NC2CC2)N2CCc3ccccc32)c1. The van der Waals surface area contributed by atoms with Crippen LogP contribution in [0.3, 0.4) is 0 Å². The van der Waals surface area contributed by atoms with E-state index in [4.69, 9.17) is 9.41 Å². The van der Waals surface area contributed by atoms with E-state index in [0.29, 0.717) is 6.04 Å². The van der Waals surface area contributed by atoms with Crippen LogP contribution in [0.25, 0.3) is 0 Å². The molecular weight excluding hydrogens is 274 g/mol. The molecule has 1 aromatic heterocycles. The number of hydrogen-bond donors (Lipinski definition) is 1. The van der Waals surface area contributed by atoms with Gasteiger partial charge in [-0.25, -0.2) is 0 Å². The normalized spacial score (nSPS) is 17.6. The van der Waals surface area contributed by atoms with Crippen molar-refractivity contribution in [1.29, 1.82) is 0 Å². The molecule has 0 radical (unpaired) electrons. The maximum absolute atomic E-state index is 5.39. The highest BCUT2D eigenvalue weighted by atomic mass is 16.3. The maximum Gasteiger partial charge on any atom is 0.198 e. The molecule has 4 nitrogen and oxygen atoms in total. The molecule has 2 aromatic rings. The predicted octanol–water partition coefficient (Wildman–Crippen LogP) is 2.99. The van der Waals surface area contributed by atoms with Crippen molar-refractivity contribution in [3.05, 3.63) is 54.0 Å². The number of aliphatic imine (C=N–C) groups is 1. The topological polar surface area (TPSA) is 40.8 Å². The van der Waals surface area contributed by atoms with Crippen molar-refractivity contribution in [3.63, 3.8) is 0 Å². The van der Waals surface area contributed by atoms with Gasteiger partial charge < -0.3 is 14.6 Å². The molecule has 1 N–H and O–H groups in total. The van der Waals surface area contributed by atoms with E-state index in [-0.39, 0.29) is 0 Å². The number of anilines is 1. The van der Waals surface area contributed by atoms with E-state index < -0.39 is 0 Å². The van der Waals surface area contributed by atoms with E-state index in [9.17, 15) is 0 Å². The van der Waals surface area contributed by atoms with Crippen LogP contribution in [0.2, 0.25) is 0 Å². The fourth-order valence-corrected chi connectivity index (χ4v) is 2.90. The summed E-state index contributed by atoms with van der Waals surface area (Å²) in [6.45, 7) is 1.76. The molecule has 0 bridgehead atoms. The van der Waals surface area contributed by atoms with Gasteiger partial charge in [-0.15, -0.1) is 0 Å². The molecule has 0 unspecified atom stereocenters. The Bertz CT molecular complexity index is 659. The summed E-state index contributed by atoms with van der Waals surface area (Å²) >= 11 is 0. The van der Waals surface area contributed by atoms with E-state index >= 15 is 0 Å². The highest BCUT2D eigenvalue weighted by Crippen LogP contribution is 2.28. The molecule has 0 spiro atoms. The molecule has 4 rings (SSSR count). The van der Waals surface area contributed by atoms with Crippen LogP contribution >= 0.6 is 0 Å². The van der Waals surface area contributed by atoms with Crippen molar-refractivity contribution in [3.8, 4) is 0 Å². The molecule has 1 saturated carbocycles. The molecule has 0 amide bonds. The Hall–Kier alpha value is -2.23. The minimum Gasteiger partial charge on any atom is -0.469 e. The minimum atomic E-state index is 0.607. The Morgan fingerprint density at radius 3 is 2.95 bits per heavy atom. The van der Waals surface area contributed by atoms with Crippen LogP contribution in [0.4, 0.5) is 5.69 Å². The van der Waals surface area contributed by atoms with Crippen molar-refractivity contribution in [2.75, 3.05) is 18.0 Å². The number of furan rings is 1. The summed E-state index contributed by atoms with van der Waals surface area (Å²) < 4.78 is 5.39. The van der Waals surface area contributed by atoms with Gasteiger partial charge in [-0.3, -0.25) is 4.99 Å². The zero-order valence-electron chi connectivity index (χ0n) is 12.7. The summed E-state index contributed by atoms with van der Waals surface area (Å²) in [5.41, 5.74) is 2.71. The first kappa shape index (κ1) is 13.4. The number of nitrogens with zero attached hydrogens (tertiary/aromatic N) is 2. The van der Waals surface area contributed by atoms with E-state index in [1.807, 2.05) is 12.1 Å². The first-order valence-electron chi connectivity index (χ1n) is 8.09. The average molecular weight is 295 g/mol. The van der Waals surface area contributed by atoms with Crippen molar-refractivity contribution in [1.82, 2.24) is 5.32 Å². The van der Waals surface area contributed by atoms with Crippen LogP contribution in [0.1, 0.15) is 24.2 Å². The van der Waals surface area contributed by atoms with Crippen LogP contribution in [-0.2, 0) is 12.8 Å². The van der Waals surface area contributed by atoms with Gasteiger partial charge in [-0.2, -0.15) is 0 Å². The van der Waals surface area contributed by atoms with E-state index in [2.05, 4.69) is 34.5 Å². The Kier molecular flexibility index (Phi) is 3.59. The lowest BCUT2D eigenvalue weighted by Crippen LogP contribution is -2.42. The van der Waals surface area contributed by atoms with Crippen molar-refractivity contribution >= 4 is 11.6 Å². The Balaban J connectivity index is 1.50. The quantitative estimate of drug-likeness (QED) is 0.696. The zero-order chi connectivity index (χ0) is 14.8. The summed E-state index contributed by atoms with van der Waals surface area (Å²) in [6, 6.07) is 13.2. The minimum absolute atomic E-state index is 0.607. The third-order valence-electron chi connectivity index (χ3n) is 4.25. The third kappa shape index (κ3) is 2.86. The second-order valence-electron chi connectivity index (χ2n) is 5.98. The monoisotopic (exact) mass is 295 g/mol. The summed E-state index contributed by atoms with van der Waals surface area (Å²) in [6.07, 6.45) is 6.18. The highest BCUT2D eigenvalue weighted by Gasteiger charge is 2.28. The van der Waals surface area contributed by atoms with Gasteiger partial charge in [0.2, 0.25) is 0 Å². The number of hydrogen-bond acceptors (Lipinski definition) is 2. The summed E-state index contributed by atoms with van der Waals surface area (Å²) in [5.74, 6) is 2.02. The van der Waals surface area contributed by atoms with Crippen molar-refractivity contribution in [2.45, 2.75) is 31.7 Å². The largest absolute Gasteiger partial charge is 0.469 e. The number of para-hydroxylation sites is 1. The summed E-state index contributed by atoms with van der Waals surface area (Å²) in [4.78, 5) is 7.16. The molecule has 2 aliphatic rings. The van der Waals surface area contributed by atoms with Gasteiger partial charge in [-0.05, 0) is 43.0 Å². The van der Waals surface area contributed by atoms with Gasteiger partial charge in [0, 0.05) is 31.2 Å². The van der Waals surface area contributed by atoms with Crippen LogP contribution in [0.5, 0.6) is 0 Å². The van der Waals surface area contributed by atoms with Crippen molar-refractivity contribution < 1.29 is 4.42 Å². The van der Waals surface area contributed by atoms with Crippen molar-refractivity contribution in [2.24, 2.45) is 4.99 Å². The summed E-state index contributed by atoms with van der Waals surface area (Å²) in [5, 5.41) is 3.60. The first-order valence-corrected chi connectivity index (χ1v) is 8.09. The zero-order valence-corrected chi connectivity index (χ0v) is 12.7. The number of fused-ring (bicyclic) bond motifs is 1. The number of nitrogens with one attached hydrogen (secondary N) is 1. The van der Waals surface area contributed by atoms with Gasteiger partial charge in [0.25, 0.3) is 0 Å². The summed E-state index contributed by atoms with van der Waals surface area (Å²) in [7, 11) is 0. The highest BCUT2D eigenvalue weighted by molar-refractivity contribution is 5.98. The average Bonchev–Trinajstić information content (AvgIpc) is 3.04.